The summed E-state index contributed by atoms with van der Waals surface area (Å²) in [5, 5.41) is 14.3. The van der Waals surface area contributed by atoms with E-state index in [0.717, 1.165) is 20.7 Å². The number of benzene rings is 2. The van der Waals surface area contributed by atoms with Crippen molar-refractivity contribution < 1.29 is 9.72 Å². The fraction of sp³-hybridized carbons (Fsp3) is 0.125. The van der Waals surface area contributed by atoms with E-state index in [1.54, 1.807) is 6.07 Å². The number of nitro groups is 1. The van der Waals surface area contributed by atoms with E-state index < -0.39 is 10.8 Å². The molecule has 6 nitrogen and oxygen atoms in total. The summed E-state index contributed by atoms with van der Waals surface area (Å²) in [5.74, 6) is -0.534. The molecule has 1 aromatic heterocycles. The van der Waals surface area contributed by atoms with Crippen LogP contribution in [0.3, 0.4) is 0 Å². The van der Waals surface area contributed by atoms with Crippen LogP contribution in [0, 0.1) is 17.0 Å². The molecule has 0 aliphatic rings. The molecule has 3 rings (SSSR count). The Bertz CT molecular complexity index is 953. The first-order valence-electron chi connectivity index (χ1n) is 6.99. The standard InChI is InChI=1S/C16H13N3O3S2/c1-9-3-5-12-14(7-9)24-16(17-12)18-15(20)11-8-10(23-2)4-6-13(11)19(21)22/h3-8H,1-2H3,(H,17,18,20). The van der Waals surface area contributed by atoms with Gasteiger partial charge in [0, 0.05) is 11.0 Å². The van der Waals surface area contributed by atoms with Crippen molar-refractivity contribution in [3.05, 3.63) is 57.6 Å². The molecule has 0 spiro atoms. The van der Waals surface area contributed by atoms with E-state index in [2.05, 4.69) is 10.3 Å². The predicted molar refractivity (Wildman–Crippen MR) is 97.2 cm³/mol. The normalized spacial score (nSPS) is 10.8. The van der Waals surface area contributed by atoms with Gasteiger partial charge in [-0.05, 0) is 43.0 Å². The summed E-state index contributed by atoms with van der Waals surface area (Å²) in [6.07, 6.45) is 1.85. The summed E-state index contributed by atoms with van der Waals surface area (Å²) >= 11 is 2.76. The average molecular weight is 359 g/mol. The van der Waals surface area contributed by atoms with Crippen molar-refractivity contribution in [3.63, 3.8) is 0 Å². The molecular weight excluding hydrogens is 346 g/mol. The van der Waals surface area contributed by atoms with Gasteiger partial charge in [-0.15, -0.1) is 11.8 Å². The summed E-state index contributed by atoms with van der Waals surface area (Å²) in [5.41, 5.74) is 1.70. The number of thioether (sulfide) groups is 1. The number of rotatable bonds is 4. The monoisotopic (exact) mass is 359 g/mol. The quantitative estimate of drug-likeness (QED) is 0.421. The van der Waals surface area contributed by atoms with E-state index in [9.17, 15) is 14.9 Å². The van der Waals surface area contributed by atoms with Crippen molar-refractivity contribution in [1.29, 1.82) is 0 Å². The Morgan fingerprint density at radius 1 is 1.29 bits per heavy atom. The van der Waals surface area contributed by atoms with Crippen LogP contribution in [-0.2, 0) is 0 Å². The topological polar surface area (TPSA) is 85.1 Å². The van der Waals surface area contributed by atoms with Crippen molar-refractivity contribution in [3.8, 4) is 0 Å². The first-order chi connectivity index (χ1) is 11.5. The number of hydrogen-bond acceptors (Lipinski definition) is 6. The van der Waals surface area contributed by atoms with E-state index >= 15 is 0 Å². The highest BCUT2D eigenvalue weighted by Gasteiger charge is 2.21. The van der Waals surface area contributed by atoms with Crippen LogP contribution in [0.25, 0.3) is 10.2 Å². The fourth-order valence-electron chi connectivity index (χ4n) is 2.23. The number of aromatic nitrogens is 1. The lowest BCUT2D eigenvalue weighted by atomic mass is 10.1. The van der Waals surface area contributed by atoms with Gasteiger partial charge < -0.3 is 0 Å². The van der Waals surface area contributed by atoms with E-state index in [1.807, 2.05) is 31.4 Å². The molecule has 8 heteroatoms. The van der Waals surface area contributed by atoms with Crippen molar-refractivity contribution in [2.24, 2.45) is 0 Å². The molecule has 0 saturated carbocycles. The van der Waals surface area contributed by atoms with Crippen LogP contribution in [-0.4, -0.2) is 22.1 Å². The third-order valence-corrected chi connectivity index (χ3v) is 5.07. The molecule has 0 fully saturated rings. The highest BCUT2D eigenvalue weighted by Crippen LogP contribution is 2.29. The lowest BCUT2D eigenvalue weighted by Gasteiger charge is -2.04. The lowest BCUT2D eigenvalue weighted by molar-refractivity contribution is -0.385. The van der Waals surface area contributed by atoms with Gasteiger partial charge in [-0.3, -0.25) is 20.2 Å². The van der Waals surface area contributed by atoms with Gasteiger partial charge >= 0.3 is 0 Å². The third-order valence-electron chi connectivity index (χ3n) is 3.41. The molecule has 0 bridgehead atoms. The molecule has 3 aromatic rings. The highest BCUT2D eigenvalue weighted by atomic mass is 32.2. The zero-order valence-electron chi connectivity index (χ0n) is 12.9. The number of thiazole rings is 1. The van der Waals surface area contributed by atoms with Crippen molar-refractivity contribution in [2.75, 3.05) is 11.6 Å². The number of fused-ring (bicyclic) bond motifs is 1. The summed E-state index contributed by atoms with van der Waals surface area (Å²) in [6, 6.07) is 10.3. The van der Waals surface area contributed by atoms with Crippen LogP contribution in [0.4, 0.5) is 10.8 Å². The van der Waals surface area contributed by atoms with Gasteiger partial charge in [-0.2, -0.15) is 0 Å². The van der Waals surface area contributed by atoms with Crippen LogP contribution < -0.4 is 5.32 Å². The molecule has 0 aliphatic heterocycles. The van der Waals surface area contributed by atoms with Gasteiger partial charge in [0.05, 0.1) is 15.1 Å². The zero-order chi connectivity index (χ0) is 17.3. The first-order valence-corrected chi connectivity index (χ1v) is 9.03. The summed E-state index contributed by atoms with van der Waals surface area (Å²) in [7, 11) is 0. The van der Waals surface area contributed by atoms with E-state index in [0.29, 0.717) is 5.13 Å². The van der Waals surface area contributed by atoms with E-state index in [1.165, 1.54) is 35.2 Å². The van der Waals surface area contributed by atoms with Crippen LogP contribution in [0.1, 0.15) is 15.9 Å². The van der Waals surface area contributed by atoms with Gasteiger partial charge in [0.2, 0.25) is 0 Å². The number of hydrogen-bond donors (Lipinski definition) is 1. The molecule has 24 heavy (non-hydrogen) atoms. The number of nitrogens with one attached hydrogen (secondary N) is 1. The summed E-state index contributed by atoms with van der Waals surface area (Å²) in [6.45, 7) is 1.98. The molecule has 0 unspecified atom stereocenters. The third kappa shape index (κ3) is 3.24. The second kappa shape index (κ2) is 6.58. The smallest absolute Gasteiger partial charge is 0.282 e. The molecule has 0 radical (unpaired) electrons. The highest BCUT2D eigenvalue weighted by molar-refractivity contribution is 7.98. The number of aryl methyl sites for hydroxylation is 1. The van der Waals surface area contributed by atoms with Crippen molar-refractivity contribution in [2.45, 2.75) is 11.8 Å². The fourth-order valence-corrected chi connectivity index (χ4v) is 3.63. The maximum absolute atomic E-state index is 12.5. The molecule has 1 N–H and O–H groups in total. The number of carbonyl (C=O) groups excluding carboxylic acids is 1. The lowest BCUT2D eigenvalue weighted by Crippen LogP contribution is -2.14. The van der Waals surface area contributed by atoms with Gasteiger partial charge in [0.25, 0.3) is 11.6 Å². The Morgan fingerprint density at radius 2 is 2.08 bits per heavy atom. The summed E-state index contributed by atoms with van der Waals surface area (Å²) < 4.78 is 0.956. The Kier molecular flexibility index (Phi) is 4.50. The maximum atomic E-state index is 12.5. The van der Waals surface area contributed by atoms with Gasteiger partial charge in [-0.25, -0.2) is 4.98 Å². The van der Waals surface area contributed by atoms with Crippen LogP contribution in [0.15, 0.2) is 41.3 Å². The van der Waals surface area contributed by atoms with Crippen LogP contribution >= 0.6 is 23.1 Å². The van der Waals surface area contributed by atoms with E-state index in [-0.39, 0.29) is 11.3 Å². The number of carbonyl (C=O) groups is 1. The number of nitrogens with zero attached hydrogens (tertiary/aromatic N) is 2. The SMILES string of the molecule is CSc1ccc([N+](=O)[O-])c(C(=O)Nc2nc3ccc(C)cc3s2)c1. The van der Waals surface area contributed by atoms with Gasteiger partial charge in [-0.1, -0.05) is 17.4 Å². The second-order valence-electron chi connectivity index (χ2n) is 5.08. The van der Waals surface area contributed by atoms with Gasteiger partial charge in [0.15, 0.2) is 5.13 Å². The number of anilines is 1. The molecule has 2 aromatic carbocycles. The Morgan fingerprint density at radius 3 is 2.79 bits per heavy atom. The molecule has 0 aliphatic carbocycles. The minimum absolute atomic E-state index is 0.0299. The van der Waals surface area contributed by atoms with E-state index in [4.69, 9.17) is 0 Å². The minimum atomic E-state index is -0.555. The van der Waals surface area contributed by atoms with Crippen molar-refractivity contribution >= 4 is 50.0 Å². The Balaban J connectivity index is 1.94. The minimum Gasteiger partial charge on any atom is -0.298 e. The zero-order valence-corrected chi connectivity index (χ0v) is 14.5. The maximum Gasteiger partial charge on any atom is 0.282 e. The average Bonchev–Trinajstić information content (AvgIpc) is 2.95. The number of nitro benzene ring substituents is 1. The first kappa shape index (κ1) is 16.4. The van der Waals surface area contributed by atoms with Crippen molar-refractivity contribution in [1.82, 2.24) is 4.98 Å². The largest absolute Gasteiger partial charge is 0.298 e. The Labute approximate surface area is 146 Å². The number of amides is 1. The molecule has 1 amide bonds. The summed E-state index contributed by atoms with van der Waals surface area (Å²) in [4.78, 5) is 28.2. The van der Waals surface area contributed by atoms with Crippen LogP contribution in [0.2, 0.25) is 0 Å². The Hall–Kier alpha value is -2.45. The second-order valence-corrected chi connectivity index (χ2v) is 6.99. The van der Waals surface area contributed by atoms with Crippen LogP contribution in [0.5, 0.6) is 0 Å². The predicted octanol–water partition coefficient (Wildman–Crippen LogP) is 4.49. The molecule has 1 heterocycles. The molecule has 122 valence electrons. The van der Waals surface area contributed by atoms with Gasteiger partial charge in [0.1, 0.15) is 5.56 Å². The molecule has 0 saturated heterocycles. The molecule has 0 atom stereocenters. The molecular formula is C16H13N3O3S2.